The van der Waals surface area contributed by atoms with Gasteiger partial charge in [0.25, 0.3) is 0 Å². The predicted octanol–water partition coefficient (Wildman–Crippen LogP) is 3.80. The predicted molar refractivity (Wildman–Crippen MR) is 90.5 cm³/mol. The monoisotopic (exact) mass is 282 g/mol. The standard InChI is InChI=1S/C19H26N2/c1-3-20-18-11-12-21(15(2)13-18)14-17-9-6-8-16-7-4-5-10-19(16)17/h4-10,15,18,20H,3,11-14H2,1-2H3. The number of hydrogen-bond donors (Lipinski definition) is 1. The highest BCUT2D eigenvalue weighted by Crippen LogP contribution is 2.24. The van der Waals surface area contributed by atoms with Crippen molar-refractivity contribution >= 4 is 10.8 Å². The van der Waals surface area contributed by atoms with Crippen molar-refractivity contribution < 1.29 is 0 Å². The fraction of sp³-hybridized carbons (Fsp3) is 0.474. The van der Waals surface area contributed by atoms with Crippen LogP contribution in [0.5, 0.6) is 0 Å². The van der Waals surface area contributed by atoms with Gasteiger partial charge in [-0.3, -0.25) is 4.90 Å². The van der Waals surface area contributed by atoms with Gasteiger partial charge >= 0.3 is 0 Å². The third-order valence-electron chi connectivity index (χ3n) is 4.76. The van der Waals surface area contributed by atoms with Gasteiger partial charge in [0, 0.05) is 25.2 Å². The van der Waals surface area contributed by atoms with E-state index >= 15 is 0 Å². The van der Waals surface area contributed by atoms with Gasteiger partial charge in [-0.15, -0.1) is 0 Å². The molecule has 0 saturated carbocycles. The Bertz CT molecular complexity index is 588. The maximum Gasteiger partial charge on any atom is 0.0242 e. The van der Waals surface area contributed by atoms with Gasteiger partial charge < -0.3 is 5.32 Å². The largest absolute Gasteiger partial charge is 0.314 e. The lowest BCUT2D eigenvalue weighted by molar-refractivity contribution is 0.130. The smallest absolute Gasteiger partial charge is 0.0242 e. The molecule has 112 valence electrons. The number of piperidine rings is 1. The zero-order valence-corrected chi connectivity index (χ0v) is 13.2. The van der Waals surface area contributed by atoms with Crippen LogP contribution in [0.4, 0.5) is 0 Å². The highest BCUT2D eigenvalue weighted by atomic mass is 15.2. The van der Waals surface area contributed by atoms with Gasteiger partial charge in [0.15, 0.2) is 0 Å². The number of likely N-dealkylation sites (tertiary alicyclic amines) is 1. The van der Waals surface area contributed by atoms with Crippen LogP contribution in [0.25, 0.3) is 10.8 Å². The lowest BCUT2D eigenvalue weighted by Crippen LogP contribution is -2.46. The van der Waals surface area contributed by atoms with Gasteiger partial charge in [-0.1, -0.05) is 49.4 Å². The van der Waals surface area contributed by atoms with Crippen molar-refractivity contribution in [1.82, 2.24) is 10.2 Å². The lowest BCUT2D eigenvalue weighted by Gasteiger charge is -2.38. The van der Waals surface area contributed by atoms with Crippen LogP contribution in [0.15, 0.2) is 42.5 Å². The van der Waals surface area contributed by atoms with Crippen molar-refractivity contribution in [2.45, 2.75) is 45.3 Å². The summed E-state index contributed by atoms with van der Waals surface area (Å²) < 4.78 is 0. The fourth-order valence-electron chi connectivity index (χ4n) is 3.58. The van der Waals surface area contributed by atoms with Crippen LogP contribution in [-0.4, -0.2) is 30.1 Å². The number of benzene rings is 2. The quantitative estimate of drug-likeness (QED) is 0.917. The molecule has 0 aromatic heterocycles. The summed E-state index contributed by atoms with van der Waals surface area (Å²) >= 11 is 0. The molecule has 0 bridgehead atoms. The summed E-state index contributed by atoms with van der Waals surface area (Å²) in [6.45, 7) is 7.92. The molecule has 0 radical (unpaired) electrons. The van der Waals surface area contributed by atoms with Gasteiger partial charge in [-0.25, -0.2) is 0 Å². The van der Waals surface area contributed by atoms with Crippen LogP contribution in [-0.2, 0) is 6.54 Å². The van der Waals surface area contributed by atoms with Crippen LogP contribution in [0, 0.1) is 0 Å². The minimum absolute atomic E-state index is 0.654. The molecule has 3 rings (SSSR count). The first-order chi connectivity index (χ1) is 10.3. The molecule has 1 aliphatic heterocycles. The first-order valence-electron chi connectivity index (χ1n) is 8.22. The zero-order valence-electron chi connectivity index (χ0n) is 13.2. The summed E-state index contributed by atoms with van der Waals surface area (Å²) in [6.07, 6.45) is 2.53. The van der Waals surface area contributed by atoms with E-state index in [0.717, 1.165) is 13.1 Å². The van der Waals surface area contributed by atoms with Crippen molar-refractivity contribution in [2.75, 3.05) is 13.1 Å². The van der Waals surface area contributed by atoms with Gasteiger partial charge in [-0.2, -0.15) is 0 Å². The highest BCUT2D eigenvalue weighted by Gasteiger charge is 2.24. The van der Waals surface area contributed by atoms with E-state index in [0.29, 0.717) is 12.1 Å². The molecule has 1 heterocycles. The van der Waals surface area contributed by atoms with Gasteiger partial charge in [0.1, 0.15) is 0 Å². The number of fused-ring (bicyclic) bond motifs is 1. The number of rotatable bonds is 4. The van der Waals surface area contributed by atoms with Crippen molar-refractivity contribution in [3.63, 3.8) is 0 Å². The second-order valence-electron chi connectivity index (χ2n) is 6.24. The van der Waals surface area contributed by atoms with E-state index in [9.17, 15) is 0 Å². The van der Waals surface area contributed by atoms with E-state index in [2.05, 4.69) is 66.5 Å². The molecule has 1 fully saturated rings. The van der Waals surface area contributed by atoms with E-state index in [1.54, 1.807) is 0 Å². The van der Waals surface area contributed by atoms with Crippen LogP contribution in [0.2, 0.25) is 0 Å². The Hall–Kier alpha value is -1.38. The summed E-state index contributed by atoms with van der Waals surface area (Å²) in [4.78, 5) is 2.63. The topological polar surface area (TPSA) is 15.3 Å². The summed E-state index contributed by atoms with van der Waals surface area (Å²) in [5.41, 5.74) is 1.46. The maximum atomic E-state index is 3.60. The van der Waals surface area contributed by atoms with E-state index in [1.807, 2.05) is 0 Å². The second-order valence-corrected chi connectivity index (χ2v) is 6.24. The van der Waals surface area contributed by atoms with Crippen LogP contribution >= 0.6 is 0 Å². The number of hydrogen-bond acceptors (Lipinski definition) is 2. The van der Waals surface area contributed by atoms with E-state index < -0.39 is 0 Å². The molecule has 0 spiro atoms. The first kappa shape index (κ1) is 14.6. The summed E-state index contributed by atoms with van der Waals surface area (Å²) in [6, 6.07) is 16.8. The van der Waals surface area contributed by atoms with Crippen LogP contribution < -0.4 is 5.32 Å². The molecular formula is C19H26N2. The molecule has 21 heavy (non-hydrogen) atoms. The molecule has 0 amide bonds. The summed E-state index contributed by atoms with van der Waals surface area (Å²) in [7, 11) is 0. The minimum atomic E-state index is 0.654. The van der Waals surface area contributed by atoms with Crippen LogP contribution in [0.1, 0.15) is 32.3 Å². The third-order valence-corrected chi connectivity index (χ3v) is 4.76. The maximum absolute atomic E-state index is 3.60. The average molecular weight is 282 g/mol. The van der Waals surface area contributed by atoms with Crippen molar-refractivity contribution in [3.05, 3.63) is 48.0 Å². The van der Waals surface area contributed by atoms with Gasteiger partial charge in [-0.05, 0) is 42.6 Å². The SMILES string of the molecule is CCNC1CCN(Cc2cccc3ccccc23)C(C)C1. The second kappa shape index (κ2) is 6.59. The molecule has 2 nitrogen and oxygen atoms in total. The highest BCUT2D eigenvalue weighted by molar-refractivity contribution is 5.85. The Morgan fingerprint density at radius 1 is 1.14 bits per heavy atom. The van der Waals surface area contributed by atoms with Crippen molar-refractivity contribution in [1.29, 1.82) is 0 Å². The first-order valence-corrected chi connectivity index (χ1v) is 8.22. The Balaban J connectivity index is 1.74. The molecule has 2 atom stereocenters. The Morgan fingerprint density at radius 2 is 1.95 bits per heavy atom. The molecule has 2 aromatic carbocycles. The molecular weight excluding hydrogens is 256 g/mol. The van der Waals surface area contributed by atoms with Gasteiger partial charge in [0.2, 0.25) is 0 Å². The minimum Gasteiger partial charge on any atom is -0.314 e. The normalized spacial score (nSPS) is 23.5. The van der Waals surface area contributed by atoms with Gasteiger partial charge in [0.05, 0.1) is 0 Å². The van der Waals surface area contributed by atoms with Crippen LogP contribution in [0.3, 0.4) is 0 Å². The Morgan fingerprint density at radius 3 is 2.76 bits per heavy atom. The Kier molecular flexibility index (Phi) is 4.57. The molecule has 2 heteroatoms. The third kappa shape index (κ3) is 3.28. The molecule has 2 unspecified atom stereocenters. The van der Waals surface area contributed by atoms with E-state index in [-0.39, 0.29) is 0 Å². The molecule has 1 saturated heterocycles. The van der Waals surface area contributed by atoms with E-state index in [4.69, 9.17) is 0 Å². The number of nitrogens with zero attached hydrogens (tertiary/aromatic N) is 1. The number of nitrogens with one attached hydrogen (secondary N) is 1. The molecule has 1 aliphatic rings. The summed E-state index contributed by atoms with van der Waals surface area (Å²) in [5, 5.41) is 6.36. The summed E-state index contributed by atoms with van der Waals surface area (Å²) in [5.74, 6) is 0. The Labute approximate surface area is 128 Å². The average Bonchev–Trinajstić information content (AvgIpc) is 2.51. The van der Waals surface area contributed by atoms with E-state index in [1.165, 1.54) is 35.7 Å². The molecule has 2 aromatic rings. The molecule has 0 aliphatic carbocycles. The van der Waals surface area contributed by atoms with Crippen molar-refractivity contribution in [2.24, 2.45) is 0 Å². The fourth-order valence-corrected chi connectivity index (χ4v) is 3.58. The zero-order chi connectivity index (χ0) is 14.7. The molecule has 1 N–H and O–H groups in total. The lowest BCUT2D eigenvalue weighted by atomic mass is 9.96. The van der Waals surface area contributed by atoms with Crippen molar-refractivity contribution in [3.8, 4) is 0 Å².